The molecule has 0 saturated heterocycles. The molecule has 4 rings (SSSR count). The Labute approximate surface area is 220 Å². The number of nitrogens with zero attached hydrogens (tertiary/aromatic N) is 5. The van der Waals surface area contributed by atoms with E-state index in [4.69, 9.17) is 29.8 Å². The Morgan fingerprint density at radius 3 is 2.45 bits per heavy atom. The molecule has 2 heterocycles. The van der Waals surface area contributed by atoms with E-state index in [1.54, 1.807) is 0 Å². The first-order chi connectivity index (χ1) is 17.6. The van der Waals surface area contributed by atoms with Gasteiger partial charge in [-0.2, -0.15) is 27.1 Å². The van der Waals surface area contributed by atoms with Gasteiger partial charge in [0.05, 0.1) is 34.6 Å². The number of amides is 1. The summed E-state index contributed by atoms with van der Waals surface area (Å²) in [6.45, 7) is 7.63. The zero-order chi connectivity index (χ0) is 28.2. The number of aromatic nitrogens is 4. The number of carbonyl (C=O) groups excluding carboxylic acids is 1. The smallest absolute Gasteiger partial charge is 0.410 e. The second-order valence-corrected chi connectivity index (χ2v) is 9.30. The second-order valence-electron chi connectivity index (χ2n) is 8.49. The predicted octanol–water partition coefficient (Wildman–Crippen LogP) is 6.07. The van der Waals surface area contributed by atoms with Crippen LogP contribution in [0, 0.1) is 6.57 Å². The molecule has 1 atom stereocenters. The van der Waals surface area contributed by atoms with E-state index in [0.717, 1.165) is 19.4 Å². The Morgan fingerprint density at radius 2 is 1.89 bits per heavy atom. The molecule has 1 aliphatic rings. The van der Waals surface area contributed by atoms with Gasteiger partial charge in [0.25, 0.3) is 11.8 Å². The molecular formula is C22H16Cl2F6N6O2. The van der Waals surface area contributed by atoms with Crippen LogP contribution in [0.1, 0.15) is 35.7 Å². The van der Waals surface area contributed by atoms with Crippen molar-refractivity contribution in [2.24, 2.45) is 7.05 Å². The number of hydrogen-bond acceptors (Lipinski definition) is 4. The van der Waals surface area contributed by atoms with Gasteiger partial charge < -0.3 is 4.74 Å². The average Bonchev–Trinajstić information content (AvgIpc) is 3.25. The Balaban J connectivity index is 1.76. The van der Waals surface area contributed by atoms with Crippen LogP contribution in [0.25, 0.3) is 21.8 Å². The van der Waals surface area contributed by atoms with Crippen LogP contribution in [0.3, 0.4) is 0 Å². The molecule has 1 fully saturated rings. The van der Waals surface area contributed by atoms with Crippen LogP contribution in [0.5, 0.6) is 5.88 Å². The molecule has 0 radical (unpaired) electrons. The molecule has 0 aliphatic heterocycles. The van der Waals surface area contributed by atoms with Crippen LogP contribution >= 0.6 is 23.2 Å². The Kier molecular flexibility index (Phi) is 6.82. The molecule has 202 valence electrons. The lowest BCUT2D eigenvalue weighted by Gasteiger charge is -2.18. The van der Waals surface area contributed by atoms with Crippen molar-refractivity contribution in [1.82, 2.24) is 24.9 Å². The molecule has 1 saturated carbocycles. The molecule has 0 spiro atoms. The summed E-state index contributed by atoms with van der Waals surface area (Å²) >= 11 is 12.4. The van der Waals surface area contributed by atoms with Crippen LogP contribution in [0.15, 0.2) is 24.5 Å². The van der Waals surface area contributed by atoms with E-state index in [9.17, 15) is 31.1 Å². The maximum absolute atomic E-state index is 13.9. The third kappa shape index (κ3) is 5.12. The van der Waals surface area contributed by atoms with Crippen LogP contribution in [-0.2, 0) is 13.2 Å². The maximum Gasteiger partial charge on any atom is 0.430 e. The highest BCUT2D eigenvalue weighted by Gasteiger charge is 2.52. The third-order valence-corrected chi connectivity index (χ3v) is 6.29. The predicted molar refractivity (Wildman–Crippen MR) is 123 cm³/mol. The second kappa shape index (κ2) is 9.39. The molecule has 1 amide bonds. The Bertz CT molecular complexity index is 1460. The zero-order valence-electron chi connectivity index (χ0n) is 19.4. The largest absolute Gasteiger partial charge is 0.430 e. The van der Waals surface area contributed by atoms with Gasteiger partial charge in [0.15, 0.2) is 11.4 Å². The summed E-state index contributed by atoms with van der Waals surface area (Å²) in [5.74, 6) is -3.00. The Hall–Kier alpha value is -3.44. The number of benzene rings is 1. The standard InChI is InChI=1S/C22H16Cl2F6N6O2/c1-10(25)22(29,30)38-18-16(21(26,27)28)19(35(3)34-18)36-9-11(8-32-36)12-6-13(15(24)7-14(12)23)17(37)33-20(31-2)4-5-20/h6-10H,4-5H2,1,3H3,(H,33,37). The first-order valence-electron chi connectivity index (χ1n) is 10.7. The van der Waals surface area contributed by atoms with Gasteiger partial charge in [0.2, 0.25) is 6.17 Å². The molecule has 16 heteroatoms. The highest BCUT2D eigenvalue weighted by molar-refractivity contribution is 6.38. The average molecular weight is 581 g/mol. The summed E-state index contributed by atoms with van der Waals surface area (Å²) in [6, 6.07) is 2.53. The van der Waals surface area contributed by atoms with Gasteiger partial charge in [-0.3, -0.25) is 15.0 Å². The number of aryl methyl sites for hydroxylation is 1. The lowest BCUT2D eigenvalue weighted by Crippen LogP contribution is -2.35. The van der Waals surface area contributed by atoms with Crippen molar-refractivity contribution in [2.45, 2.75) is 43.9 Å². The van der Waals surface area contributed by atoms with Crippen LogP contribution in [0.4, 0.5) is 26.3 Å². The van der Waals surface area contributed by atoms with Gasteiger partial charge >= 0.3 is 17.9 Å². The molecule has 1 aliphatic carbocycles. The minimum Gasteiger partial charge on any atom is -0.410 e. The topological polar surface area (TPSA) is 78.3 Å². The fourth-order valence-corrected chi connectivity index (χ4v) is 4.05. The van der Waals surface area contributed by atoms with Gasteiger partial charge in [0.1, 0.15) is 0 Å². The van der Waals surface area contributed by atoms with Gasteiger partial charge in [-0.1, -0.05) is 23.2 Å². The van der Waals surface area contributed by atoms with Crippen molar-refractivity contribution in [3.05, 3.63) is 57.1 Å². The van der Waals surface area contributed by atoms with Crippen molar-refractivity contribution in [1.29, 1.82) is 0 Å². The minimum atomic E-state index is -5.24. The van der Waals surface area contributed by atoms with Crippen molar-refractivity contribution in [3.8, 4) is 22.8 Å². The molecule has 2 aromatic heterocycles. The number of rotatable bonds is 7. The lowest BCUT2D eigenvalue weighted by atomic mass is 10.1. The SMILES string of the molecule is [C-]#[N+]C1(NC(=O)c2cc(-c3cnn(-c4c(C(F)(F)F)c(OC(F)(F)C(C)F)nn4C)c3)c(Cl)cc2Cl)CC1. The maximum atomic E-state index is 13.9. The Morgan fingerprint density at radius 1 is 1.24 bits per heavy atom. The number of carbonyl (C=O) groups is 1. The first kappa shape index (κ1) is 27.6. The summed E-state index contributed by atoms with van der Waals surface area (Å²) in [6.07, 6.45) is -9.60. The highest BCUT2D eigenvalue weighted by atomic mass is 35.5. The molecule has 0 bridgehead atoms. The first-order valence-corrected chi connectivity index (χ1v) is 11.4. The van der Waals surface area contributed by atoms with Crippen molar-refractivity contribution in [2.75, 3.05) is 0 Å². The van der Waals surface area contributed by atoms with Gasteiger partial charge in [0, 0.05) is 24.4 Å². The van der Waals surface area contributed by atoms with E-state index >= 15 is 0 Å². The summed E-state index contributed by atoms with van der Waals surface area (Å²) in [7, 11) is 1.03. The van der Waals surface area contributed by atoms with Gasteiger partial charge in [-0.05, 0) is 19.1 Å². The van der Waals surface area contributed by atoms with E-state index in [0.29, 0.717) is 29.1 Å². The highest BCUT2D eigenvalue weighted by Crippen LogP contribution is 2.43. The van der Waals surface area contributed by atoms with Crippen LogP contribution in [0.2, 0.25) is 10.0 Å². The summed E-state index contributed by atoms with van der Waals surface area (Å²) in [5.41, 5.74) is -2.47. The third-order valence-electron chi connectivity index (χ3n) is 5.66. The molecule has 1 N–H and O–H groups in total. The van der Waals surface area contributed by atoms with Gasteiger partial charge in [-0.15, -0.1) is 5.10 Å². The summed E-state index contributed by atoms with van der Waals surface area (Å²) in [5, 5.41) is 9.82. The van der Waals surface area contributed by atoms with E-state index in [2.05, 4.69) is 25.1 Å². The van der Waals surface area contributed by atoms with Crippen LogP contribution in [-0.4, -0.2) is 43.4 Å². The van der Waals surface area contributed by atoms with Crippen molar-refractivity contribution < 1.29 is 35.9 Å². The number of nitrogens with one attached hydrogen (secondary N) is 1. The molecule has 8 nitrogen and oxygen atoms in total. The number of hydrogen-bond donors (Lipinski definition) is 1. The fraction of sp³-hybridized carbons (Fsp3) is 0.364. The fourth-order valence-electron chi connectivity index (χ4n) is 3.47. The van der Waals surface area contributed by atoms with E-state index in [1.165, 1.54) is 12.1 Å². The number of halogens is 8. The number of ether oxygens (including phenoxy) is 1. The molecular weight excluding hydrogens is 565 g/mol. The van der Waals surface area contributed by atoms with Crippen molar-refractivity contribution >= 4 is 29.1 Å². The number of alkyl halides is 6. The normalized spacial score (nSPS) is 15.6. The molecule has 3 aromatic rings. The van der Waals surface area contributed by atoms with E-state index in [1.807, 2.05) is 0 Å². The van der Waals surface area contributed by atoms with E-state index < -0.39 is 47.3 Å². The molecule has 1 unspecified atom stereocenters. The summed E-state index contributed by atoms with van der Waals surface area (Å²) in [4.78, 5) is 16.1. The molecule has 38 heavy (non-hydrogen) atoms. The zero-order valence-corrected chi connectivity index (χ0v) is 20.9. The summed E-state index contributed by atoms with van der Waals surface area (Å²) < 4.78 is 87.8. The van der Waals surface area contributed by atoms with E-state index in [-0.39, 0.29) is 26.7 Å². The monoisotopic (exact) mass is 580 g/mol. The lowest BCUT2D eigenvalue weighted by molar-refractivity contribution is -0.220. The van der Waals surface area contributed by atoms with Crippen LogP contribution < -0.4 is 10.1 Å². The minimum absolute atomic E-state index is 0.0269. The van der Waals surface area contributed by atoms with Gasteiger partial charge in [-0.25, -0.2) is 20.3 Å². The molecule has 1 aromatic carbocycles. The van der Waals surface area contributed by atoms with Crippen molar-refractivity contribution in [3.63, 3.8) is 0 Å². The quantitative estimate of drug-likeness (QED) is 0.272.